The SMILES string of the molecule is Cc1ccccc1CSc1nnc(C(C)NC(=O)Nc2ccccc2)n1-c1ccc(Cl)cc1Cl. The molecule has 6 nitrogen and oxygen atoms in total. The number of carbonyl (C=O) groups is 1. The average Bonchev–Trinajstić information content (AvgIpc) is 3.23. The summed E-state index contributed by atoms with van der Waals surface area (Å²) in [7, 11) is 0. The monoisotopic (exact) mass is 511 g/mol. The molecular formula is C25H23Cl2N5OS. The first-order valence-corrected chi connectivity index (χ1v) is 12.4. The number of benzene rings is 3. The van der Waals surface area contributed by atoms with Gasteiger partial charge in [-0.1, -0.05) is 77.4 Å². The Hall–Kier alpha value is -3.00. The lowest BCUT2D eigenvalue weighted by atomic mass is 10.1. The summed E-state index contributed by atoms with van der Waals surface area (Å²) in [6, 6.07) is 21.9. The fraction of sp³-hybridized carbons (Fsp3) is 0.160. The van der Waals surface area contributed by atoms with Gasteiger partial charge in [-0.2, -0.15) is 0 Å². The Balaban J connectivity index is 1.62. The van der Waals surface area contributed by atoms with Gasteiger partial charge in [0.05, 0.1) is 16.8 Å². The van der Waals surface area contributed by atoms with Crippen LogP contribution in [0.1, 0.15) is 29.9 Å². The van der Waals surface area contributed by atoms with Gasteiger partial charge >= 0.3 is 6.03 Å². The number of carbonyl (C=O) groups excluding carboxylic acids is 1. The topological polar surface area (TPSA) is 71.8 Å². The number of aryl methyl sites for hydroxylation is 1. The van der Waals surface area contributed by atoms with Crippen LogP contribution in [-0.2, 0) is 5.75 Å². The number of nitrogens with one attached hydrogen (secondary N) is 2. The summed E-state index contributed by atoms with van der Waals surface area (Å²) >= 11 is 14.2. The van der Waals surface area contributed by atoms with E-state index in [9.17, 15) is 4.79 Å². The molecule has 4 rings (SSSR count). The average molecular weight is 512 g/mol. The van der Waals surface area contributed by atoms with Crippen LogP contribution >= 0.6 is 35.0 Å². The van der Waals surface area contributed by atoms with Gasteiger partial charge in [-0.25, -0.2) is 4.79 Å². The molecule has 1 unspecified atom stereocenters. The molecule has 0 fully saturated rings. The fourth-order valence-corrected chi connectivity index (χ4v) is 4.93. The summed E-state index contributed by atoms with van der Waals surface area (Å²) in [5, 5.41) is 16.3. The van der Waals surface area contributed by atoms with E-state index in [2.05, 4.69) is 39.9 Å². The van der Waals surface area contributed by atoms with Gasteiger partial charge in [-0.3, -0.25) is 4.57 Å². The van der Waals surface area contributed by atoms with E-state index in [1.165, 1.54) is 11.1 Å². The largest absolute Gasteiger partial charge is 0.328 e. The van der Waals surface area contributed by atoms with E-state index in [1.807, 2.05) is 60.0 Å². The quantitative estimate of drug-likeness (QED) is 0.260. The summed E-state index contributed by atoms with van der Waals surface area (Å²) in [6.07, 6.45) is 0. The molecule has 0 aliphatic carbocycles. The van der Waals surface area contributed by atoms with E-state index in [4.69, 9.17) is 23.2 Å². The van der Waals surface area contributed by atoms with Crippen molar-refractivity contribution in [1.82, 2.24) is 20.1 Å². The second kappa shape index (κ2) is 11.0. The molecule has 1 aromatic heterocycles. The number of halogens is 2. The van der Waals surface area contributed by atoms with Gasteiger partial charge < -0.3 is 10.6 Å². The summed E-state index contributed by atoms with van der Waals surface area (Å²) in [6.45, 7) is 3.93. The second-order valence-corrected chi connectivity index (χ2v) is 9.46. The number of para-hydroxylation sites is 1. The number of aromatic nitrogens is 3. The van der Waals surface area contributed by atoms with Crippen LogP contribution in [0, 0.1) is 6.92 Å². The third-order valence-corrected chi connectivity index (χ3v) is 6.71. The Labute approximate surface area is 212 Å². The summed E-state index contributed by atoms with van der Waals surface area (Å²) in [5.41, 5.74) is 3.80. The predicted molar refractivity (Wildman–Crippen MR) is 139 cm³/mol. The maximum Gasteiger partial charge on any atom is 0.319 e. The number of nitrogens with zero attached hydrogens (tertiary/aromatic N) is 3. The van der Waals surface area contributed by atoms with Crippen LogP contribution in [0.15, 0.2) is 78.0 Å². The molecule has 9 heteroatoms. The Bertz CT molecular complexity index is 1300. The molecule has 0 aliphatic heterocycles. The molecule has 0 radical (unpaired) electrons. The Morgan fingerprint density at radius 3 is 2.50 bits per heavy atom. The van der Waals surface area contributed by atoms with Gasteiger partial charge in [0.25, 0.3) is 0 Å². The third kappa shape index (κ3) is 5.73. The number of amides is 2. The Morgan fingerprint density at radius 2 is 1.76 bits per heavy atom. The van der Waals surface area contributed by atoms with Crippen molar-refractivity contribution >= 4 is 46.7 Å². The Morgan fingerprint density at radius 1 is 1.03 bits per heavy atom. The summed E-state index contributed by atoms with van der Waals surface area (Å²) in [4.78, 5) is 12.6. The number of hydrogen-bond donors (Lipinski definition) is 2. The predicted octanol–water partition coefficient (Wildman–Crippen LogP) is 7.06. The maximum absolute atomic E-state index is 12.6. The van der Waals surface area contributed by atoms with Crippen LogP contribution in [-0.4, -0.2) is 20.8 Å². The molecule has 1 atom stereocenters. The first-order chi connectivity index (χ1) is 16.4. The molecule has 2 amide bonds. The second-order valence-electron chi connectivity index (χ2n) is 7.67. The highest BCUT2D eigenvalue weighted by molar-refractivity contribution is 7.98. The standard InChI is InChI=1S/C25H23Cl2N5OS/c1-16-8-6-7-9-18(16)15-34-25-31-30-23(32(25)22-13-12-19(26)14-21(22)27)17(2)28-24(33)29-20-10-4-3-5-11-20/h3-14,17H,15H2,1-2H3,(H2,28,29,33). The lowest BCUT2D eigenvalue weighted by molar-refractivity contribution is 0.249. The molecule has 174 valence electrons. The highest BCUT2D eigenvalue weighted by atomic mass is 35.5. The van der Waals surface area contributed by atoms with E-state index in [1.54, 1.807) is 23.9 Å². The van der Waals surface area contributed by atoms with E-state index >= 15 is 0 Å². The van der Waals surface area contributed by atoms with E-state index in [-0.39, 0.29) is 6.03 Å². The van der Waals surface area contributed by atoms with Crippen LogP contribution in [0.5, 0.6) is 0 Å². The molecule has 2 N–H and O–H groups in total. The minimum absolute atomic E-state index is 0.343. The van der Waals surface area contributed by atoms with Crippen LogP contribution in [0.25, 0.3) is 5.69 Å². The van der Waals surface area contributed by atoms with Crippen LogP contribution < -0.4 is 10.6 Å². The van der Waals surface area contributed by atoms with Crippen molar-refractivity contribution in [1.29, 1.82) is 0 Å². The zero-order valence-corrected chi connectivity index (χ0v) is 21.0. The van der Waals surface area contributed by atoms with Crippen molar-refractivity contribution in [3.05, 3.63) is 99.8 Å². The van der Waals surface area contributed by atoms with Crippen LogP contribution in [0.2, 0.25) is 10.0 Å². The van der Waals surface area contributed by atoms with Crippen molar-refractivity contribution in [2.75, 3.05) is 5.32 Å². The van der Waals surface area contributed by atoms with Gasteiger partial charge in [0, 0.05) is 16.5 Å². The van der Waals surface area contributed by atoms with Gasteiger partial charge in [0.1, 0.15) is 0 Å². The Kier molecular flexibility index (Phi) is 7.77. The smallest absolute Gasteiger partial charge is 0.319 e. The highest BCUT2D eigenvalue weighted by Crippen LogP contribution is 2.32. The molecule has 1 heterocycles. The molecule has 34 heavy (non-hydrogen) atoms. The van der Waals surface area contributed by atoms with Crippen LogP contribution in [0.4, 0.5) is 10.5 Å². The van der Waals surface area contributed by atoms with E-state index in [0.717, 1.165) is 0 Å². The minimum Gasteiger partial charge on any atom is -0.328 e. The lowest BCUT2D eigenvalue weighted by Crippen LogP contribution is -2.32. The van der Waals surface area contributed by atoms with E-state index in [0.29, 0.717) is 38.2 Å². The summed E-state index contributed by atoms with van der Waals surface area (Å²) in [5.74, 6) is 1.27. The molecule has 3 aromatic carbocycles. The van der Waals surface area contributed by atoms with Crippen molar-refractivity contribution < 1.29 is 4.79 Å². The number of anilines is 1. The molecule has 0 aliphatic rings. The number of urea groups is 1. The maximum atomic E-state index is 12.6. The van der Waals surface area contributed by atoms with Gasteiger partial charge in [0.15, 0.2) is 11.0 Å². The molecule has 0 saturated carbocycles. The first-order valence-electron chi connectivity index (χ1n) is 10.6. The molecule has 0 saturated heterocycles. The molecule has 0 spiro atoms. The zero-order valence-electron chi connectivity index (χ0n) is 18.6. The lowest BCUT2D eigenvalue weighted by Gasteiger charge is -2.18. The highest BCUT2D eigenvalue weighted by Gasteiger charge is 2.23. The molecule has 0 bridgehead atoms. The van der Waals surface area contributed by atoms with Crippen molar-refractivity contribution in [2.24, 2.45) is 0 Å². The van der Waals surface area contributed by atoms with Crippen molar-refractivity contribution in [3.8, 4) is 5.69 Å². The first kappa shape index (κ1) is 24.1. The van der Waals surface area contributed by atoms with E-state index < -0.39 is 6.04 Å². The third-order valence-electron chi connectivity index (χ3n) is 5.19. The molecular weight excluding hydrogens is 489 g/mol. The van der Waals surface area contributed by atoms with Crippen LogP contribution in [0.3, 0.4) is 0 Å². The number of hydrogen-bond acceptors (Lipinski definition) is 4. The number of rotatable bonds is 7. The minimum atomic E-state index is -0.448. The van der Waals surface area contributed by atoms with Gasteiger partial charge in [-0.05, 0) is 55.3 Å². The van der Waals surface area contributed by atoms with Crippen molar-refractivity contribution in [3.63, 3.8) is 0 Å². The molecule has 4 aromatic rings. The number of thioether (sulfide) groups is 1. The van der Waals surface area contributed by atoms with Gasteiger partial charge in [-0.15, -0.1) is 10.2 Å². The zero-order chi connectivity index (χ0) is 24.1. The fourth-order valence-electron chi connectivity index (χ4n) is 3.41. The van der Waals surface area contributed by atoms with Gasteiger partial charge in [0.2, 0.25) is 0 Å². The summed E-state index contributed by atoms with van der Waals surface area (Å²) < 4.78 is 1.87. The normalized spacial score (nSPS) is 11.8. The van der Waals surface area contributed by atoms with Crippen molar-refractivity contribution in [2.45, 2.75) is 30.8 Å².